The van der Waals surface area contributed by atoms with Crippen molar-refractivity contribution in [2.24, 2.45) is 0 Å². The highest BCUT2D eigenvalue weighted by Crippen LogP contribution is 2.38. The van der Waals surface area contributed by atoms with Crippen molar-refractivity contribution in [2.45, 2.75) is 51.0 Å². The van der Waals surface area contributed by atoms with Gasteiger partial charge in [0.2, 0.25) is 0 Å². The van der Waals surface area contributed by atoms with Crippen LogP contribution >= 0.6 is 11.6 Å². The van der Waals surface area contributed by atoms with Gasteiger partial charge < -0.3 is 14.7 Å². The van der Waals surface area contributed by atoms with E-state index in [0.29, 0.717) is 24.5 Å². The fraction of sp³-hybridized carbons (Fsp3) is 0.611. The van der Waals surface area contributed by atoms with Crippen molar-refractivity contribution in [3.05, 3.63) is 34.9 Å². The lowest BCUT2D eigenvalue weighted by atomic mass is 9.72. The van der Waals surface area contributed by atoms with E-state index in [-0.39, 0.29) is 18.1 Å². The Bertz CT molecular complexity index is 534. The first-order valence-corrected chi connectivity index (χ1v) is 8.48. The molecule has 5 heteroatoms. The second kappa shape index (κ2) is 7.10. The summed E-state index contributed by atoms with van der Waals surface area (Å²) in [6.07, 6.45) is 2.16. The maximum atomic E-state index is 12.4. The summed E-state index contributed by atoms with van der Waals surface area (Å²) in [6.45, 7) is 6.95. The second-order valence-electron chi connectivity index (χ2n) is 7.27. The third-order valence-electron chi connectivity index (χ3n) is 4.28. The van der Waals surface area contributed by atoms with Gasteiger partial charge >= 0.3 is 6.09 Å². The fourth-order valence-corrected chi connectivity index (χ4v) is 3.34. The molecule has 0 saturated carbocycles. The van der Waals surface area contributed by atoms with Crippen LogP contribution < -0.4 is 0 Å². The Kier molecular flexibility index (Phi) is 5.58. The van der Waals surface area contributed by atoms with E-state index in [2.05, 4.69) is 0 Å². The minimum absolute atomic E-state index is 0.0881. The number of benzene rings is 1. The third kappa shape index (κ3) is 4.61. The topological polar surface area (TPSA) is 49.8 Å². The molecule has 0 aliphatic carbocycles. The quantitative estimate of drug-likeness (QED) is 0.905. The standard InChI is InChI=1S/C18H26ClNO3/c1-17(2,3)23-16(22)20-11-4-9-18(13-20,10-12-21)14-5-7-15(19)8-6-14/h5-8,21H,4,9-13H2,1-3H3/t18-/m1/s1. The number of rotatable bonds is 3. The van der Waals surface area contributed by atoms with Crippen LogP contribution in [0.3, 0.4) is 0 Å². The summed E-state index contributed by atoms with van der Waals surface area (Å²) in [5, 5.41) is 10.2. The van der Waals surface area contributed by atoms with Crippen LogP contribution in [0.15, 0.2) is 24.3 Å². The molecule has 1 aromatic rings. The molecule has 1 N–H and O–H groups in total. The zero-order chi connectivity index (χ0) is 17.1. The number of ether oxygens (including phenoxy) is 1. The molecule has 0 bridgehead atoms. The number of nitrogens with zero attached hydrogens (tertiary/aromatic N) is 1. The van der Waals surface area contributed by atoms with Crippen LogP contribution in [0.4, 0.5) is 4.79 Å². The molecule has 1 heterocycles. The number of aliphatic hydroxyl groups is 1. The van der Waals surface area contributed by atoms with Gasteiger partial charge in [-0.3, -0.25) is 0 Å². The van der Waals surface area contributed by atoms with Crippen LogP contribution in [-0.2, 0) is 10.2 Å². The molecule has 2 rings (SSSR count). The number of likely N-dealkylation sites (tertiary alicyclic amines) is 1. The van der Waals surface area contributed by atoms with Gasteiger partial charge in [-0.2, -0.15) is 0 Å². The Hall–Kier alpha value is -1.26. The predicted molar refractivity (Wildman–Crippen MR) is 91.9 cm³/mol. The summed E-state index contributed by atoms with van der Waals surface area (Å²) in [5.74, 6) is 0. The van der Waals surface area contributed by atoms with Gasteiger partial charge in [0.1, 0.15) is 5.60 Å². The Balaban J connectivity index is 2.22. The summed E-state index contributed by atoms with van der Waals surface area (Å²) in [7, 11) is 0. The van der Waals surface area contributed by atoms with Crippen LogP contribution in [0.25, 0.3) is 0 Å². The van der Waals surface area contributed by atoms with Crippen LogP contribution in [0.5, 0.6) is 0 Å². The van der Waals surface area contributed by atoms with Gasteiger partial charge in [-0.25, -0.2) is 4.79 Å². The van der Waals surface area contributed by atoms with Gasteiger partial charge in [0.05, 0.1) is 0 Å². The monoisotopic (exact) mass is 339 g/mol. The van der Waals surface area contributed by atoms with Gasteiger partial charge in [0.15, 0.2) is 0 Å². The summed E-state index contributed by atoms with van der Waals surface area (Å²) >= 11 is 5.99. The zero-order valence-electron chi connectivity index (χ0n) is 14.1. The van der Waals surface area contributed by atoms with E-state index >= 15 is 0 Å². The molecule has 23 heavy (non-hydrogen) atoms. The average molecular weight is 340 g/mol. The molecule has 1 aliphatic heterocycles. The molecule has 0 radical (unpaired) electrons. The SMILES string of the molecule is CC(C)(C)OC(=O)N1CCC[C@](CCO)(c2ccc(Cl)cc2)C1. The summed E-state index contributed by atoms with van der Waals surface area (Å²) < 4.78 is 5.51. The van der Waals surface area contributed by atoms with E-state index in [1.807, 2.05) is 45.0 Å². The van der Waals surface area contributed by atoms with Crippen molar-refractivity contribution >= 4 is 17.7 Å². The normalized spacial score (nSPS) is 22.0. The molecule has 1 atom stereocenters. The zero-order valence-corrected chi connectivity index (χ0v) is 14.9. The molecule has 128 valence electrons. The Morgan fingerprint density at radius 1 is 1.35 bits per heavy atom. The molecule has 1 saturated heterocycles. The lowest BCUT2D eigenvalue weighted by Gasteiger charge is -2.43. The van der Waals surface area contributed by atoms with E-state index in [1.165, 1.54) is 0 Å². The van der Waals surface area contributed by atoms with Gasteiger partial charge in [0, 0.05) is 30.1 Å². The van der Waals surface area contributed by atoms with E-state index in [0.717, 1.165) is 18.4 Å². The van der Waals surface area contributed by atoms with Crippen molar-refractivity contribution in [1.29, 1.82) is 0 Å². The minimum Gasteiger partial charge on any atom is -0.444 e. The highest BCUT2D eigenvalue weighted by molar-refractivity contribution is 6.30. The van der Waals surface area contributed by atoms with Crippen molar-refractivity contribution in [1.82, 2.24) is 4.90 Å². The molecule has 1 amide bonds. The first-order chi connectivity index (χ1) is 10.8. The minimum atomic E-state index is -0.506. The predicted octanol–water partition coefficient (Wildman–Crippen LogP) is 3.99. The van der Waals surface area contributed by atoms with E-state index < -0.39 is 5.60 Å². The first-order valence-electron chi connectivity index (χ1n) is 8.11. The van der Waals surface area contributed by atoms with Gasteiger partial charge in [-0.15, -0.1) is 0 Å². The highest BCUT2D eigenvalue weighted by atomic mass is 35.5. The smallest absolute Gasteiger partial charge is 0.410 e. The summed E-state index contributed by atoms with van der Waals surface area (Å²) in [5.41, 5.74) is 0.368. The lowest BCUT2D eigenvalue weighted by molar-refractivity contribution is 0.0112. The molecule has 1 aliphatic rings. The molecular weight excluding hydrogens is 314 g/mol. The molecule has 0 unspecified atom stereocenters. The molecular formula is C18H26ClNO3. The Morgan fingerprint density at radius 2 is 2.00 bits per heavy atom. The third-order valence-corrected chi connectivity index (χ3v) is 4.53. The van der Waals surface area contributed by atoms with Crippen LogP contribution in [0.2, 0.25) is 5.02 Å². The average Bonchev–Trinajstić information content (AvgIpc) is 2.46. The van der Waals surface area contributed by atoms with E-state index in [1.54, 1.807) is 4.90 Å². The Morgan fingerprint density at radius 3 is 2.57 bits per heavy atom. The van der Waals surface area contributed by atoms with Crippen molar-refractivity contribution in [3.63, 3.8) is 0 Å². The van der Waals surface area contributed by atoms with Crippen LogP contribution in [0, 0.1) is 0 Å². The van der Waals surface area contributed by atoms with Crippen molar-refractivity contribution < 1.29 is 14.6 Å². The number of hydrogen-bond acceptors (Lipinski definition) is 3. The largest absolute Gasteiger partial charge is 0.444 e. The number of hydrogen-bond donors (Lipinski definition) is 1. The number of amides is 1. The number of piperidine rings is 1. The molecule has 0 aromatic heterocycles. The van der Waals surface area contributed by atoms with Crippen LogP contribution in [-0.4, -0.2) is 41.4 Å². The maximum Gasteiger partial charge on any atom is 0.410 e. The molecule has 1 fully saturated rings. The first kappa shape index (κ1) is 18.1. The molecule has 1 aromatic carbocycles. The number of carbonyl (C=O) groups excluding carboxylic acids is 1. The number of carbonyl (C=O) groups is 1. The highest BCUT2D eigenvalue weighted by Gasteiger charge is 2.39. The van der Waals surface area contributed by atoms with Crippen LogP contribution in [0.1, 0.15) is 45.6 Å². The van der Waals surface area contributed by atoms with Crippen molar-refractivity contribution in [3.8, 4) is 0 Å². The summed E-state index contributed by atoms with van der Waals surface area (Å²) in [4.78, 5) is 14.2. The fourth-order valence-electron chi connectivity index (χ4n) is 3.22. The van der Waals surface area contributed by atoms with E-state index in [9.17, 15) is 9.90 Å². The molecule has 4 nitrogen and oxygen atoms in total. The second-order valence-corrected chi connectivity index (χ2v) is 7.70. The lowest BCUT2D eigenvalue weighted by Crippen LogP contribution is -2.50. The van der Waals surface area contributed by atoms with Gasteiger partial charge in [-0.1, -0.05) is 23.7 Å². The number of halogens is 1. The number of aliphatic hydroxyl groups excluding tert-OH is 1. The van der Waals surface area contributed by atoms with Gasteiger partial charge in [-0.05, 0) is 57.7 Å². The Labute approximate surface area is 143 Å². The maximum absolute atomic E-state index is 12.4. The van der Waals surface area contributed by atoms with E-state index in [4.69, 9.17) is 16.3 Å². The summed E-state index contributed by atoms with van der Waals surface area (Å²) in [6, 6.07) is 7.72. The van der Waals surface area contributed by atoms with Crippen molar-refractivity contribution in [2.75, 3.05) is 19.7 Å². The molecule has 0 spiro atoms. The van der Waals surface area contributed by atoms with Gasteiger partial charge in [0.25, 0.3) is 0 Å².